The average Bonchev–Trinajstić information content (AvgIpc) is 2.96. The Kier molecular flexibility index (Phi) is 3.11. The van der Waals surface area contributed by atoms with Gasteiger partial charge in [-0.1, -0.05) is 49.6 Å². The van der Waals surface area contributed by atoms with Crippen LogP contribution in [0, 0.1) is 5.92 Å². The van der Waals surface area contributed by atoms with Crippen LogP contribution in [0.5, 0.6) is 0 Å². The van der Waals surface area contributed by atoms with Gasteiger partial charge in [0, 0.05) is 12.1 Å². The third-order valence-electron chi connectivity index (χ3n) is 4.69. The van der Waals surface area contributed by atoms with Gasteiger partial charge < -0.3 is 0 Å². The van der Waals surface area contributed by atoms with Crippen molar-refractivity contribution in [2.24, 2.45) is 5.92 Å². The zero-order chi connectivity index (χ0) is 13.5. The molecule has 1 aromatic heterocycles. The number of aromatic nitrogens is 3. The van der Waals surface area contributed by atoms with E-state index in [1.807, 2.05) is 0 Å². The number of benzene rings is 1. The first kappa shape index (κ1) is 12.5. The lowest BCUT2D eigenvalue weighted by molar-refractivity contribution is 0.308. The first-order chi connectivity index (χ1) is 9.81. The molecule has 1 fully saturated rings. The van der Waals surface area contributed by atoms with Gasteiger partial charge in [-0.15, -0.1) is 9.24 Å². The maximum Gasteiger partial charge on any atom is 0.151 e. The Morgan fingerprint density at radius 2 is 2.00 bits per heavy atom. The summed E-state index contributed by atoms with van der Waals surface area (Å²) in [5.41, 5.74) is 1.78. The zero-order valence-electron chi connectivity index (χ0n) is 11.6. The summed E-state index contributed by atoms with van der Waals surface area (Å²) in [6.07, 6.45) is 6.26. The standard InChI is InChI=1S/C16H20N3P/c20-14-10-13(12-7-2-1-3-8-12)19-16(14)17-15(18-19)9-11-5-4-6-11/h1-3,7-8,11,13-14H,4-6,9-10,20H2. The van der Waals surface area contributed by atoms with Gasteiger partial charge in [-0.05, 0) is 17.9 Å². The summed E-state index contributed by atoms with van der Waals surface area (Å²) in [5.74, 6) is 3.03. The van der Waals surface area contributed by atoms with Gasteiger partial charge in [0.15, 0.2) is 5.82 Å². The van der Waals surface area contributed by atoms with Crippen molar-refractivity contribution in [3.8, 4) is 0 Å². The monoisotopic (exact) mass is 285 g/mol. The fraction of sp³-hybridized carbons (Fsp3) is 0.500. The van der Waals surface area contributed by atoms with E-state index in [4.69, 9.17) is 10.1 Å². The van der Waals surface area contributed by atoms with Crippen LogP contribution in [0.2, 0.25) is 0 Å². The van der Waals surface area contributed by atoms with E-state index in [-0.39, 0.29) is 0 Å². The molecule has 3 nitrogen and oxygen atoms in total. The van der Waals surface area contributed by atoms with Gasteiger partial charge in [-0.2, -0.15) is 5.10 Å². The normalized spacial score (nSPS) is 25.4. The molecule has 1 aromatic carbocycles. The molecule has 0 saturated heterocycles. The lowest BCUT2D eigenvalue weighted by Gasteiger charge is -2.23. The van der Waals surface area contributed by atoms with Crippen molar-refractivity contribution in [2.75, 3.05) is 0 Å². The summed E-state index contributed by atoms with van der Waals surface area (Å²) in [7, 11) is 2.94. The van der Waals surface area contributed by atoms with Crippen LogP contribution >= 0.6 is 9.24 Å². The van der Waals surface area contributed by atoms with Crippen molar-refractivity contribution in [3.05, 3.63) is 47.5 Å². The van der Waals surface area contributed by atoms with Crippen LogP contribution in [0.15, 0.2) is 30.3 Å². The van der Waals surface area contributed by atoms with Gasteiger partial charge in [-0.25, -0.2) is 9.67 Å². The molecule has 1 saturated carbocycles. The van der Waals surface area contributed by atoms with Gasteiger partial charge in [-0.3, -0.25) is 0 Å². The molecule has 0 bridgehead atoms. The molecule has 0 N–H and O–H groups in total. The summed E-state index contributed by atoms with van der Waals surface area (Å²) < 4.78 is 2.17. The second kappa shape index (κ2) is 4.96. The van der Waals surface area contributed by atoms with Crippen molar-refractivity contribution in [3.63, 3.8) is 0 Å². The molecular weight excluding hydrogens is 265 g/mol. The van der Waals surface area contributed by atoms with Crippen molar-refractivity contribution in [1.82, 2.24) is 14.8 Å². The number of hydrogen-bond donors (Lipinski definition) is 0. The van der Waals surface area contributed by atoms with E-state index in [2.05, 4.69) is 44.3 Å². The molecule has 2 aromatic rings. The smallest absolute Gasteiger partial charge is 0.151 e. The molecule has 0 radical (unpaired) electrons. The fourth-order valence-corrected chi connectivity index (χ4v) is 3.79. The van der Waals surface area contributed by atoms with E-state index < -0.39 is 0 Å². The maximum absolute atomic E-state index is 4.81. The molecule has 1 aliphatic heterocycles. The van der Waals surface area contributed by atoms with Crippen LogP contribution in [0.4, 0.5) is 0 Å². The minimum Gasteiger partial charge on any atom is -0.242 e. The lowest BCUT2D eigenvalue weighted by Crippen LogP contribution is -2.15. The summed E-state index contributed by atoms with van der Waals surface area (Å²) in [6, 6.07) is 11.0. The summed E-state index contributed by atoms with van der Waals surface area (Å²) in [5, 5.41) is 4.81. The fourth-order valence-electron chi connectivity index (χ4n) is 3.30. The van der Waals surface area contributed by atoms with Crippen LogP contribution in [0.1, 0.15) is 54.6 Å². The van der Waals surface area contributed by atoms with Crippen molar-refractivity contribution in [2.45, 2.75) is 43.8 Å². The van der Waals surface area contributed by atoms with Crippen LogP contribution in [0.3, 0.4) is 0 Å². The van der Waals surface area contributed by atoms with E-state index in [1.165, 1.54) is 24.8 Å². The topological polar surface area (TPSA) is 30.7 Å². The second-order valence-electron chi connectivity index (χ2n) is 6.10. The van der Waals surface area contributed by atoms with Crippen molar-refractivity contribution < 1.29 is 0 Å². The molecule has 0 spiro atoms. The first-order valence-electron chi connectivity index (χ1n) is 7.57. The summed E-state index contributed by atoms with van der Waals surface area (Å²) >= 11 is 0. The maximum atomic E-state index is 4.81. The highest BCUT2D eigenvalue weighted by Gasteiger charge is 2.33. The van der Waals surface area contributed by atoms with Crippen LogP contribution in [-0.4, -0.2) is 14.8 Å². The molecule has 2 heterocycles. The van der Waals surface area contributed by atoms with Gasteiger partial charge in [0.25, 0.3) is 0 Å². The average molecular weight is 285 g/mol. The molecule has 4 rings (SSSR count). The Bertz CT molecular complexity index is 603. The third kappa shape index (κ3) is 2.09. The minimum absolute atomic E-state index is 0.358. The molecule has 3 unspecified atom stereocenters. The number of hydrogen-bond acceptors (Lipinski definition) is 2. The molecule has 104 valence electrons. The van der Waals surface area contributed by atoms with Crippen molar-refractivity contribution >= 4 is 9.24 Å². The number of fused-ring (bicyclic) bond motifs is 1. The largest absolute Gasteiger partial charge is 0.242 e. The second-order valence-corrected chi connectivity index (χ2v) is 6.91. The van der Waals surface area contributed by atoms with E-state index in [1.54, 1.807) is 0 Å². The quantitative estimate of drug-likeness (QED) is 0.808. The highest BCUT2D eigenvalue weighted by atomic mass is 31.0. The van der Waals surface area contributed by atoms with Gasteiger partial charge >= 0.3 is 0 Å². The Morgan fingerprint density at radius 1 is 1.20 bits per heavy atom. The number of nitrogens with zero attached hydrogens (tertiary/aromatic N) is 3. The molecule has 1 aliphatic carbocycles. The molecule has 20 heavy (non-hydrogen) atoms. The molecule has 2 aliphatic rings. The van der Waals surface area contributed by atoms with Gasteiger partial charge in [0.1, 0.15) is 5.82 Å². The lowest BCUT2D eigenvalue weighted by atomic mass is 9.83. The summed E-state index contributed by atoms with van der Waals surface area (Å²) in [4.78, 5) is 4.80. The Balaban J connectivity index is 1.64. The highest BCUT2D eigenvalue weighted by Crippen LogP contribution is 2.42. The van der Waals surface area contributed by atoms with Gasteiger partial charge in [0.05, 0.1) is 6.04 Å². The van der Waals surface area contributed by atoms with E-state index in [0.29, 0.717) is 11.7 Å². The third-order valence-corrected chi connectivity index (χ3v) is 5.26. The number of rotatable bonds is 3. The van der Waals surface area contributed by atoms with E-state index in [9.17, 15) is 0 Å². The molecule has 0 amide bonds. The SMILES string of the molecule is PC1CC(c2ccccc2)n2nc(CC3CCC3)nc21. The molecule has 3 atom stereocenters. The molecule has 4 heteroatoms. The highest BCUT2D eigenvalue weighted by molar-refractivity contribution is 7.17. The predicted molar refractivity (Wildman–Crippen MR) is 82.7 cm³/mol. The predicted octanol–water partition coefficient (Wildman–Crippen LogP) is 3.53. The Morgan fingerprint density at radius 3 is 2.70 bits per heavy atom. The Labute approximate surface area is 122 Å². The van der Waals surface area contributed by atoms with E-state index >= 15 is 0 Å². The first-order valence-corrected chi connectivity index (χ1v) is 8.24. The van der Waals surface area contributed by atoms with Crippen LogP contribution in [0.25, 0.3) is 0 Å². The zero-order valence-corrected chi connectivity index (χ0v) is 12.7. The van der Waals surface area contributed by atoms with Gasteiger partial charge in [0.2, 0.25) is 0 Å². The molecular formula is C16H20N3P. The van der Waals surface area contributed by atoms with E-state index in [0.717, 1.165) is 30.4 Å². The van der Waals surface area contributed by atoms with Crippen LogP contribution in [-0.2, 0) is 6.42 Å². The van der Waals surface area contributed by atoms with Crippen molar-refractivity contribution in [1.29, 1.82) is 0 Å². The minimum atomic E-state index is 0.358. The Hall–Kier alpha value is -1.21. The summed E-state index contributed by atoms with van der Waals surface area (Å²) in [6.45, 7) is 0. The van der Waals surface area contributed by atoms with Crippen LogP contribution < -0.4 is 0 Å².